The number of carbonyl (C=O) groups excluding carboxylic acids is 2. The number of aryl methyl sites for hydroxylation is 1. The van der Waals surface area contributed by atoms with Crippen molar-refractivity contribution < 1.29 is 14.3 Å². The molecule has 0 saturated heterocycles. The fourth-order valence-electron chi connectivity index (χ4n) is 2.02. The second-order valence-corrected chi connectivity index (χ2v) is 6.17. The largest absolute Gasteiger partial charge is 0.452 e. The van der Waals surface area contributed by atoms with Gasteiger partial charge in [-0.1, -0.05) is 37.3 Å². The molecule has 0 spiro atoms. The lowest BCUT2D eigenvalue weighted by Crippen LogP contribution is -2.21. The zero-order valence-corrected chi connectivity index (χ0v) is 14.0. The maximum absolute atomic E-state index is 12.1. The Balaban J connectivity index is 1.94. The Morgan fingerprint density at radius 3 is 2.52 bits per heavy atom. The van der Waals surface area contributed by atoms with E-state index in [4.69, 9.17) is 4.74 Å². The maximum atomic E-state index is 12.1. The topological polar surface area (TPSA) is 55.4 Å². The molecule has 5 heteroatoms. The highest BCUT2D eigenvalue weighted by atomic mass is 32.2. The van der Waals surface area contributed by atoms with Crippen LogP contribution < -0.4 is 5.32 Å². The number of hydrogen-bond acceptors (Lipinski definition) is 4. The van der Waals surface area contributed by atoms with E-state index >= 15 is 0 Å². The van der Waals surface area contributed by atoms with Crippen LogP contribution in [-0.2, 0) is 9.53 Å². The third kappa shape index (κ3) is 4.86. The van der Waals surface area contributed by atoms with Crippen LogP contribution >= 0.6 is 11.8 Å². The van der Waals surface area contributed by atoms with Crippen molar-refractivity contribution in [1.29, 1.82) is 0 Å². The summed E-state index contributed by atoms with van der Waals surface area (Å²) >= 11 is 1.57. The number of hydrogen-bond donors (Lipinski definition) is 1. The lowest BCUT2D eigenvalue weighted by molar-refractivity contribution is -0.119. The number of esters is 1. The second-order valence-electron chi connectivity index (χ2n) is 4.87. The summed E-state index contributed by atoms with van der Waals surface area (Å²) in [4.78, 5) is 24.9. The van der Waals surface area contributed by atoms with Gasteiger partial charge in [0.2, 0.25) is 0 Å². The number of anilines is 1. The van der Waals surface area contributed by atoms with E-state index in [1.54, 1.807) is 23.9 Å². The number of amides is 1. The number of nitrogens with one attached hydrogen (secondary N) is 1. The summed E-state index contributed by atoms with van der Waals surface area (Å²) in [6, 6.07) is 14.7. The molecule has 2 rings (SSSR count). The lowest BCUT2D eigenvalue weighted by atomic mass is 10.2. The molecule has 0 fully saturated rings. The van der Waals surface area contributed by atoms with Crippen molar-refractivity contribution in [3.05, 3.63) is 59.7 Å². The average Bonchev–Trinajstić information content (AvgIpc) is 2.55. The normalized spacial score (nSPS) is 10.2. The van der Waals surface area contributed by atoms with Crippen LogP contribution in [0.5, 0.6) is 0 Å². The summed E-state index contributed by atoms with van der Waals surface area (Å²) in [5.74, 6) is 0.0210. The third-order valence-electron chi connectivity index (χ3n) is 3.16. The molecule has 2 aromatic carbocycles. The van der Waals surface area contributed by atoms with Gasteiger partial charge in [-0.25, -0.2) is 4.79 Å². The first kappa shape index (κ1) is 17.1. The monoisotopic (exact) mass is 329 g/mol. The van der Waals surface area contributed by atoms with E-state index in [-0.39, 0.29) is 12.5 Å². The first-order valence-corrected chi connectivity index (χ1v) is 8.34. The molecule has 0 aromatic heterocycles. The summed E-state index contributed by atoms with van der Waals surface area (Å²) in [6.45, 7) is 3.61. The van der Waals surface area contributed by atoms with E-state index < -0.39 is 5.97 Å². The highest BCUT2D eigenvalue weighted by molar-refractivity contribution is 7.99. The molecule has 2 aromatic rings. The predicted octanol–water partition coefficient (Wildman–Crippen LogP) is 3.90. The van der Waals surface area contributed by atoms with E-state index in [1.807, 2.05) is 50.2 Å². The molecular formula is C18H19NO3S. The molecule has 120 valence electrons. The minimum atomic E-state index is -0.485. The SMILES string of the molecule is CCSc1ccccc1C(=O)OCC(=O)Nc1ccccc1C. The molecule has 0 heterocycles. The maximum Gasteiger partial charge on any atom is 0.339 e. The number of ether oxygens (including phenoxy) is 1. The van der Waals surface area contributed by atoms with Gasteiger partial charge in [-0.15, -0.1) is 11.8 Å². The Kier molecular flexibility index (Phi) is 6.23. The van der Waals surface area contributed by atoms with Crippen molar-refractivity contribution >= 4 is 29.3 Å². The van der Waals surface area contributed by atoms with Crippen LogP contribution in [-0.4, -0.2) is 24.2 Å². The van der Waals surface area contributed by atoms with E-state index in [1.165, 1.54) is 0 Å². The van der Waals surface area contributed by atoms with Crippen molar-refractivity contribution in [3.8, 4) is 0 Å². The summed E-state index contributed by atoms with van der Waals surface area (Å²) < 4.78 is 5.12. The van der Waals surface area contributed by atoms with Gasteiger partial charge in [0.1, 0.15) is 0 Å². The van der Waals surface area contributed by atoms with E-state index in [9.17, 15) is 9.59 Å². The van der Waals surface area contributed by atoms with Gasteiger partial charge in [-0.05, 0) is 36.4 Å². The van der Waals surface area contributed by atoms with Gasteiger partial charge in [-0.2, -0.15) is 0 Å². The number of thioether (sulfide) groups is 1. The lowest BCUT2D eigenvalue weighted by Gasteiger charge is -2.10. The molecule has 0 aliphatic carbocycles. The molecule has 0 bridgehead atoms. The number of carbonyl (C=O) groups is 2. The Morgan fingerprint density at radius 1 is 1.09 bits per heavy atom. The quantitative estimate of drug-likeness (QED) is 0.645. The smallest absolute Gasteiger partial charge is 0.339 e. The first-order valence-electron chi connectivity index (χ1n) is 7.36. The van der Waals surface area contributed by atoms with Gasteiger partial charge in [-0.3, -0.25) is 4.79 Å². The van der Waals surface area contributed by atoms with Gasteiger partial charge >= 0.3 is 5.97 Å². The summed E-state index contributed by atoms with van der Waals surface area (Å²) in [7, 11) is 0. The molecule has 1 amide bonds. The molecule has 0 radical (unpaired) electrons. The molecular weight excluding hydrogens is 310 g/mol. The number of benzene rings is 2. The molecule has 23 heavy (non-hydrogen) atoms. The van der Waals surface area contributed by atoms with Crippen molar-refractivity contribution in [2.45, 2.75) is 18.7 Å². The summed E-state index contributed by atoms with van der Waals surface area (Å²) in [6.07, 6.45) is 0. The van der Waals surface area contributed by atoms with E-state index in [2.05, 4.69) is 5.32 Å². The standard InChI is InChI=1S/C18H19NO3S/c1-3-23-16-11-7-5-9-14(16)18(21)22-12-17(20)19-15-10-6-4-8-13(15)2/h4-11H,3,12H2,1-2H3,(H,19,20). The minimum Gasteiger partial charge on any atom is -0.452 e. The predicted molar refractivity (Wildman–Crippen MR) is 92.9 cm³/mol. The Hall–Kier alpha value is -2.27. The number of rotatable bonds is 6. The van der Waals surface area contributed by atoms with Gasteiger partial charge in [0, 0.05) is 10.6 Å². The van der Waals surface area contributed by atoms with Crippen LogP contribution in [0.4, 0.5) is 5.69 Å². The van der Waals surface area contributed by atoms with Crippen LogP contribution in [0.15, 0.2) is 53.4 Å². The van der Waals surface area contributed by atoms with Gasteiger partial charge in [0.05, 0.1) is 5.56 Å². The fourth-order valence-corrected chi connectivity index (χ4v) is 2.82. The van der Waals surface area contributed by atoms with Gasteiger partial charge in [0.25, 0.3) is 5.91 Å². The molecule has 0 saturated carbocycles. The fraction of sp³-hybridized carbons (Fsp3) is 0.222. The van der Waals surface area contributed by atoms with Crippen LogP contribution in [0, 0.1) is 6.92 Å². The second kappa shape index (κ2) is 8.39. The molecule has 0 unspecified atom stereocenters. The molecule has 0 atom stereocenters. The Morgan fingerprint density at radius 2 is 1.78 bits per heavy atom. The summed E-state index contributed by atoms with van der Waals surface area (Å²) in [5, 5.41) is 2.74. The Bertz CT molecular complexity index is 700. The molecule has 1 N–H and O–H groups in total. The molecule has 0 aliphatic rings. The Labute approximate surface area is 140 Å². The minimum absolute atomic E-state index is 0.307. The number of para-hydroxylation sites is 1. The van der Waals surface area contributed by atoms with Crippen LogP contribution in [0.3, 0.4) is 0 Å². The van der Waals surface area contributed by atoms with Crippen molar-refractivity contribution in [2.75, 3.05) is 17.7 Å². The van der Waals surface area contributed by atoms with Crippen LogP contribution in [0.25, 0.3) is 0 Å². The average molecular weight is 329 g/mol. The highest BCUT2D eigenvalue weighted by Crippen LogP contribution is 2.22. The van der Waals surface area contributed by atoms with Crippen LogP contribution in [0.2, 0.25) is 0 Å². The van der Waals surface area contributed by atoms with Crippen molar-refractivity contribution in [2.24, 2.45) is 0 Å². The molecule has 0 aliphatic heterocycles. The molecule has 4 nitrogen and oxygen atoms in total. The van der Waals surface area contributed by atoms with Crippen molar-refractivity contribution in [1.82, 2.24) is 0 Å². The third-order valence-corrected chi connectivity index (χ3v) is 4.12. The van der Waals surface area contributed by atoms with E-state index in [0.717, 1.165) is 21.9 Å². The van der Waals surface area contributed by atoms with Crippen LogP contribution in [0.1, 0.15) is 22.8 Å². The van der Waals surface area contributed by atoms with Crippen molar-refractivity contribution in [3.63, 3.8) is 0 Å². The van der Waals surface area contributed by atoms with E-state index in [0.29, 0.717) is 5.56 Å². The highest BCUT2D eigenvalue weighted by Gasteiger charge is 2.14. The zero-order chi connectivity index (χ0) is 16.7. The van der Waals surface area contributed by atoms with Gasteiger partial charge in [0.15, 0.2) is 6.61 Å². The van der Waals surface area contributed by atoms with Gasteiger partial charge < -0.3 is 10.1 Å². The first-order chi connectivity index (χ1) is 11.1. The summed E-state index contributed by atoms with van der Waals surface area (Å²) in [5.41, 5.74) is 2.16. The zero-order valence-electron chi connectivity index (χ0n) is 13.2.